The molecule has 13 heteroatoms. The second-order valence-corrected chi connectivity index (χ2v) is 10.9. The van der Waals surface area contributed by atoms with Crippen LogP contribution in [0.5, 0.6) is 0 Å². The summed E-state index contributed by atoms with van der Waals surface area (Å²) in [6.07, 6.45) is -5.49. The Morgan fingerprint density at radius 2 is 1.67 bits per heavy atom. The van der Waals surface area contributed by atoms with Gasteiger partial charge in [-0.25, -0.2) is 13.2 Å². The van der Waals surface area contributed by atoms with Crippen molar-refractivity contribution < 1.29 is 35.9 Å². The molecule has 39 heavy (non-hydrogen) atoms. The summed E-state index contributed by atoms with van der Waals surface area (Å²) in [6, 6.07) is 6.87. The molecule has 0 aromatic heterocycles. The van der Waals surface area contributed by atoms with Gasteiger partial charge in [-0.3, -0.25) is 9.59 Å². The lowest BCUT2D eigenvalue weighted by atomic mass is 9.99. The smallest absolute Gasteiger partial charge is 0.394 e. The van der Waals surface area contributed by atoms with E-state index in [1.54, 1.807) is 0 Å². The highest BCUT2D eigenvalue weighted by Crippen LogP contribution is 2.65. The number of amides is 1. The Morgan fingerprint density at radius 1 is 1.03 bits per heavy atom. The Hall–Kier alpha value is -2.95. The molecule has 0 spiro atoms. The van der Waals surface area contributed by atoms with Crippen LogP contribution in [0.2, 0.25) is 5.02 Å². The van der Waals surface area contributed by atoms with E-state index >= 15 is 0 Å². The number of ketones is 1. The Morgan fingerprint density at radius 3 is 2.31 bits per heavy atom. The quantitative estimate of drug-likeness (QED) is 0.131. The van der Waals surface area contributed by atoms with Crippen LogP contribution in [0.3, 0.4) is 0 Å². The van der Waals surface area contributed by atoms with Crippen molar-refractivity contribution in [3.63, 3.8) is 0 Å². The van der Waals surface area contributed by atoms with Crippen LogP contribution in [0.25, 0.3) is 0 Å². The molecule has 0 aliphatic heterocycles. The van der Waals surface area contributed by atoms with E-state index in [0.717, 1.165) is 18.2 Å². The van der Waals surface area contributed by atoms with Gasteiger partial charge in [0.2, 0.25) is 5.91 Å². The monoisotopic (exact) mass is 608 g/mol. The molecule has 1 amide bonds. The molecule has 1 aliphatic carbocycles. The first-order valence-electron chi connectivity index (χ1n) is 11.1. The van der Waals surface area contributed by atoms with Gasteiger partial charge in [0.15, 0.2) is 11.6 Å². The first-order valence-corrected chi connectivity index (χ1v) is 12.3. The standard InChI is InChI=1S/C26H17Cl3F6N2O2/c1-10-6-13(9-14(21(10)27)18(38)8-12-3-5-17(31)23(36)22(12)32)37-24(39)20-19(25(20,28)29)11-2-4-16(30)15(7-11)26(33,34)35/h2-7,9,19-20H,8,36H2,1H3,(H,37,39)/t19-,20+/m0/s1. The molecule has 206 valence electrons. The predicted octanol–water partition coefficient (Wildman–Crippen LogP) is 7.62. The van der Waals surface area contributed by atoms with Crippen LogP contribution in [-0.4, -0.2) is 16.0 Å². The zero-order chi connectivity index (χ0) is 29.0. The van der Waals surface area contributed by atoms with Crippen molar-refractivity contribution >= 4 is 57.9 Å². The maximum absolute atomic E-state index is 14.3. The molecule has 4 nitrogen and oxygen atoms in total. The van der Waals surface area contributed by atoms with Crippen molar-refractivity contribution in [2.24, 2.45) is 5.92 Å². The van der Waals surface area contributed by atoms with Gasteiger partial charge in [-0.1, -0.05) is 23.7 Å². The van der Waals surface area contributed by atoms with Crippen LogP contribution in [0.15, 0.2) is 42.5 Å². The molecular formula is C26H17Cl3F6N2O2. The van der Waals surface area contributed by atoms with Gasteiger partial charge in [0.05, 0.1) is 16.5 Å². The minimum Gasteiger partial charge on any atom is -0.394 e. The van der Waals surface area contributed by atoms with Gasteiger partial charge in [0.1, 0.15) is 21.7 Å². The summed E-state index contributed by atoms with van der Waals surface area (Å²) in [6.45, 7) is 1.54. The number of alkyl halides is 5. The number of rotatable bonds is 6. The first-order chi connectivity index (χ1) is 18.0. The van der Waals surface area contributed by atoms with Gasteiger partial charge in [-0.05, 0) is 53.9 Å². The molecule has 0 heterocycles. The van der Waals surface area contributed by atoms with Crippen LogP contribution < -0.4 is 11.1 Å². The second kappa shape index (κ2) is 10.2. The summed E-state index contributed by atoms with van der Waals surface area (Å²) in [5.74, 6) is -7.28. The third-order valence-electron chi connectivity index (χ3n) is 6.37. The average molecular weight is 610 g/mol. The molecule has 3 aromatic rings. The van der Waals surface area contributed by atoms with Crippen molar-refractivity contribution in [2.75, 3.05) is 11.1 Å². The van der Waals surface area contributed by atoms with Crippen LogP contribution in [0.1, 0.15) is 38.5 Å². The fraction of sp³-hybridized carbons (Fsp3) is 0.231. The van der Waals surface area contributed by atoms with Gasteiger partial charge in [0, 0.05) is 23.6 Å². The van der Waals surface area contributed by atoms with Gasteiger partial charge in [0.25, 0.3) is 0 Å². The summed E-state index contributed by atoms with van der Waals surface area (Å²) < 4.78 is 79.2. The zero-order valence-corrected chi connectivity index (χ0v) is 22.0. The lowest BCUT2D eigenvalue weighted by Gasteiger charge is -2.12. The molecule has 1 saturated carbocycles. The van der Waals surface area contributed by atoms with E-state index in [2.05, 4.69) is 5.32 Å². The van der Waals surface area contributed by atoms with Crippen LogP contribution in [-0.2, 0) is 17.4 Å². The normalized spacial score (nSPS) is 18.1. The Balaban J connectivity index is 1.57. The van der Waals surface area contributed by atoms with Crippen LogP contribution in [0, 0.1) is 30.3 Å². The van der Waals surface area contributed by atoms with Gasteiger partial charge in [-0.15, -0.1) is 23.2 Å². The number of benzene rings is 3. The highest BCUT2D eigenvalue weighted by Gasteiger charge is 2.67. The Bertz CT molecular complexity index is 1510. The second-order valence-electron chi connectivity index (χ2n) is 9.04. The molecule has 1 aliphatic rings. The highest BCUT2D eigenvalue weighted by molar-refractivity contribution is 6.53. The fourth-order valence-electron chi connectivity index (χ4n) is 4.31. The summed E-state index contributed by atoms with van der Waals surface area (Å²) in [5, 5.41) is 2.53. The van der Waals surface area contributed by atoms with Gasteiger partial charge >= 0.3 is 6.18 Å². The lowest BCUT2D eigenvalue weighted by Crippen LogP contribution is -2.18. The molecule has 0 radical (unpaired) electrons. The number of anilines is 2. The number of carbonyl (C=O) groups excluding carboxylic acids is 2. The topological polar surface area (TPSA) is 72.2 Å². The number of nitrogens with two attached hydrogens (primary N) is 1. The van der Waals surface area contributed by atoms with Crippen LogP contribution in [0.4, 0.5) is 37.7 Å². The van der Waals surface area contributed by atoms with Crippen LogP contribution >= 0.6 is 34.8 Å². The largest absolute Gasteiger partial charge is 0.419 e. The van der Waals surface area contributed by atoms with Crippen molar-refractivity contribution in [3.8, 4) is 0 Å². The van der Waals surface area contributed by atoms with Crippen molar-refractivity contribution in [1.29, 1.82) is 0 Å². The van der Waals surface area contributed by atoms with E-state index < -0.39 is 69.2 Å². The highest BCUT2D eigenvalue weighted by atomic mass is 35.5. The number of nitrogens with one attached hydrogen (secondary N) is 1. The van der Waals surface area contributed by atoms with E-state index in [-0.39, 0.29) is 27.4 Å². The molecule has 0 saturated heterocycles. The fourth-order valence-corrected chi connectivity index (χ4v) is 5.35. The van der Waals surface area contributed by atoms with E-state index in [0.29, 0.717) is 17.7 Å². The molecule has 2 atom stereocenters. The predicted molar refractivity (Wildman–Crippen MR) is 136 cm³/mol. The maximum atomic E-state index is 14.3. The lowest BCUT2D eigenvalue weighted by molar-refractivity contribution is -0.140. The average Bonchev–Trinajstić information content (AvgIpc) is 3.42. The molecule has 4 rings (SSSR count). The molecular weight excluding hydrogens is 593 g/mol. The van der Waals surface area contributed by atoms with Crippen molar-refractivity contribution in [3.05, 3.63) is 92.8 Å². The molecule has 1 fully saturated rings. The number of halogens is 9. The van der Waals surface area contributed by atoms with E-state index in [1.165, 1.54) is 19.1 Å². The molecule has 3 aromatic carbocycles. The molecule has 0 unspecified atom stereocenters. The number of nitrogen functional groups attached to an aromatic ring is 1. The van der Waals surface area contributed by atoms with E-state index in [1.807, 2.05) is 0 Å². The minimum atomic E-state index is -4.97. The summed E-state index contributed by atoms with van der Waals surface area (Å²) in [7, 11) is 0. The van der Waals surface area contributed by atoms with Crippen molar-refractivity contribution in [2.45, 2.75) is 29.8 Å². The summed E-state index contributed by atoms with van der Waals surface area (Å²) in [4.78, 5) is 25.9. The maximum Gasteiger partial charge on any atom is 0.419 e. The van der Waals surface area contributed by atoms with Crippen molar-refractivity contribution in [1.82, 2.24) is 0 Å². The summed E-state index contributed by atoms with van der Waals surface area (Å²) in [5.41, 5.74) is 3.18. The summed E-state index contributed by atoms with van der Waals surface area (Å²) >= 11 is 18.7. The minimum absolute atomic E-state index is 0.0211. The third-order valence-corrected chi connectivity index (χ3v) is 7.81. The molecule has 0 bridgehead atoms. The van der Waals surface area contributed by atoms with Gasteiger partial charge in [-0.2, -0.15) is 13.2 Å². The Kier molecular flexibility index (Phi) is 7.61. The molecule has 3 N–H and O–H groups in total. The van der Waals surface area contributed by atoms with Gasteiger partial charge < -0.3 is 11.1 Å². The van der Waals surface area contributed by atoms with E-state index in [4.69, 9.17) is 40.5 Å². The third kappa shape index (κ3) is 5.55. The Labute approximate surface area is 233 Å². The number of hydrogen-bond donors (Lipinski definition) is 2. The number of hydrogen-bond acceptors (Lipinski definition) is 3. The first kappa shape index (κ1) is 29.0. The number of Topliss-reactive ketones (excluding diaryl/α,β-unsaturated/α-hetero) is 1. The number of carbonyl (C=O) groups is 2. The van der Waals surface area contributed by atoms with E-state index in [9.17, 15) is 35.9 Å². The zero-order valence-electron chi connectivity index (χ0n) is 19.7. The number of aryl methyl sites for hydroxylation is 1. The SMILES string of the molecule is Cc1cc(NC(=O)[C@H]2[C@H](c3ccc(F)c(C(F)(F)F)c3)C2(Cl)Cl)cc(C(=O)Cc2ccc(F)c(N)c2F)c1Cl.